The van der Waals surface area contributed by atoms with Crippen LogP contribution in [0.4, 0.5) is 0 Å². The van der Waals surface area contributed by atoms with E-state index in [0.717, 1.165) is 12.8 Å². The Balaban J connectivity index is 2.08. The Kier molecular flexibility index (Phi) is 3.40. The van der Waals surface area contributed by atoms with E-state index in [1.807, 2.05) is 20.8 Å². The van der Waals surface area contributed by atoms with Gasteiger partial charge in [-0.05, 0) is 31.8 Å². The first-order valence-corrected chi connectivity index (χ1v) is 8.01. The molecular formula is C17H24O5. The second-order valence-corrected chi connectivity index (χ2v) is 7.29. The van der Waals surface area contributed by atoms with Crippen LogP contribution in [0.3, 0.4) is 0 Å². The molecule has 7 atom stereocenters. The molecule has 1 N–H and O–H groups in total. The molecule has 5 heteroatoms. The van der Waals surface area contributed by atoms with E-state index in [9.17, 15) is 14.7 Å². The summed E-state index contributed by atoms with van der Waals surface area (Å²) in [5.74, 6) is -0.750. The van der Waals surface area contributed by atoms with Gasteiger partial charge in [0.25, 0.3) is 0 Å². The first kappa shape index (κ1) is 15.5. The summed E-state index contributed by atoms with van der Waals surface area (Å²) in [6.07, 6.45) is 4.11. The average molecular weight is 308 g/mol. The normalized spacial score (nSPS) is 50.0. The summed E-state index contributed by atoms with van der Waals surface area (Å²) in [5.41, 5.74) is -1.99. The molecule has 22 heavy (non-hydrogen) atoms. The summed E-state index contributed by atoms with van der Waals surface area (Å²) in [7, 11) is 0. The van der Waals surface area contributed by atoms with Crippen LogP contribution in [0.5, 0.6) is 0 Å². The molecule has 1 saturated heterocycles. The summed E-state index contributed by atoms with van der Waals surface area (Å²) in [6.45, 7) is 7.13. The standard InChI is InChI=1S/C17H24O5/c1-9-5-6-12-10(2)15(19)22-14(12)16(4)13(21-11(3)18)7-8-17(9,16)20/h7-10,12-14,20H,5-6H2,1-4H3/t9-,10?,12-,13?,14+,16-,17+/m0/s1. The Morgan fingerprint density at radius 2 is 2.09 bits per heavy atom. The highest BCUT2D eigenvalue weighted by atomic mass is 16.6. The molecule has 1 saturated carbocycles. The van der Waals surface area contributed by atoms with Crippen LogP contribution in [0.15, 0.2) is 12.2 Å². The number of hydrogen-bond donors (Lipinski definition) is 1. The van der Waals surface area contributed by atoms with Gasteiger partial charge in [0, 0.05) is 12.8 Å². The van der Waals surface area contributed by atoms with Gasteiger partial charge in [-0.15, -0.1) is 0 Å². The topological polar surface area (TPSA) is 72.8 Å². The molecule has 0 radical (unpaired) electrons. The number of ether oxygens (including phenoxy) is 2. The van der Waals surface area contributed by atoms with Crippen LogP contribution in [0, 0.1) is 23.2 Å². The predicted molar refractivity (Wildman–Crippen MR) is 78.7 cm³/mol. The molecule has 0 aromatic carbocycles. The van der Waals surface area contributed by atoms with Crippen LogP contribution in [0.1, 0.15) is 40.5 Å². The second kappa shape index (κ2) is 4.82. The first-order chi connectivity index (χ1) is 10.2. The molecule has 5 nitrogen and oxygen atoms in total. The van der Waals surface area contributed by atoms with Crippen molar-refractivity contribution in [1.29, 1.82) is 0 Å². The molecule has 0 amide bonds. The van der Waals surface area contributed by atoms with E-state index in [0.29, 0.717) is 0 Å². The average Bonchev–Trinajstić information content (AvgIpc) is 2.84. The molecule has 2 fully saturated rings. The highest BCUT2D eigenvalue weighted by molar-refractivity contribution is 5.75. The van der Waals surface area contributed by atoms with Gasteiger partial charge in [0.05, 0.1) is 16.9 Å². The van der Waals surface area contributed by atoms with E-state index in [1.165, 1.54) is 6.92 Å². The number of carbonyl (C=O) groups is 2. The molecule has 2 aliphatic carbocycles. The fourth-order valence-corrected chi connectivity index (χ4v) is 4.65. The van der Waals surface area contributed by atoms with Crippen molar-refractivity contribution >= 4 is 11.9 Å². The Labute approximate surface area is 130 Å². The summed E-state index contributed by atoms with van der Waals surface area (Å²) in [5, 5.41) is 11.4. The molecule has 2 unspecified atom stereocenters. The monoisotopic (exact) mass is 308 g/mol. The maximum atomic E-state index is 12.1. The fourth-order valence-electron chi connectivity index (χ4n) is 4.65. The highest BCUT2D eigenvalue weighted by Crippen LogP contribution is 2.58. The van der Waals surface area contributed by atoms with Gasteiger partial charge in [0.2, 0.25) is 0 Å². The Morgan fingerprint density at radius 3 is 2.73 bits per heavy atom. The summed E-state index contributed by atoms with van der Waals surface area (Å²) >= 11 is 0. The van der Waals surface area contributed by atoms with Crippen LogP contribution in [-0.2, 0) is 19.1 Å². The lowest BCUT2D eigenvalue weighted by atomic mass is 9.64. The van der Waals surface area contributed by atoms with Crippen molar-refractivity contribution in [2.75, 3.05) is 0 Å². The van der Waals surface area contributed by atoms with Crippen LogP contribution in [0.2, 0.25) is 0 Å². The van der Waals surface area contributed by atoms with Gasteiger partial charge < -0.3 is 14.6 Å². The SMILES string of the molecule is CC(=O)OC1C=C[C@@]2(O)[C@@H](C)CC[C@H]3C(C)C(=O)O[C@H]3[C@]12C. The van der Waals surface area contributed by atoms with Gasteiger partial charge in [-0.25, -0.2) is 0 Å². The minimum atomic E-state index is -1.14. The van der Waals surface area contributed by atoms with Crippen LogP contribution in [-0.4, -0.2) is 34.9 Å². The zero-order valence-electron chi connectivity index (χ0n) is 13.5. The van der Waals surface area contributed by atoms with E-state index >= 15 is 0 Å². The van der Waals surface area contributed by atoms with Gasteiger partial charge in [-0.2, -0.15) is 0 Å². The van der Waals surface area contributed by atoms with Gasteiger partial charge in [-0.3, -0.25) is 9.59 Å². The van der Waals surface area contributed by atoms with Crippen molar-refractivity contribution in [2.24, 2.45) is 23.2 Å². The maximum absolute atomic E-state index is 12.1. The van der Waals surface area contributed by atoms with E-state index in [1.54, 1.807) is 12.2 Å². The number of hydrogen-bond acceptors (Lipinski definition) is 5. The minimum Gasteiger partial charge on any atom is -0.461 e. The molecule has 0 aromatic rings. The van der Waals surface area contributed by atoms with Crippen molar-refractivity contribution in [3.8, 4) is 0 Å². The Bertz CT molecular complexity index is 541. The lowest BCUT2D eigenvalue weighted by Crippen LogP contribution is -2.58. The summed E-state index contributed by atoms with van der Waals surface area (Å²) in [4.78, 5) is 23.5. The first-order valence-electron chi connectivity index (χ1n) is 8.01. The molecule has 0 bridgehead atoms. The van der Waals surface area contributed by atoms with Crippen molar-refractivity contribution in [2.45, 2.75) is 58.3 Å². The fraction of sp³-hybridized carbons (Fsp3) is 0.765. The quantitative estimate of drug-likeness (QED) is 0.591. The Morgan fingerprint density at radius 1 is 1.41 bits per heavy atom. The van der Waals surface area contributed by atoms with Crippen LogP contribution >= 0.6 is 0 Å². The largest absolute Gasteiger partial charge is 0.461 e. The zero-order chi connectivity index (χ0) is 16.3. The predicted octanol–water partition coefficient (Wildman–Crippen LogP) is 1.83. The molecule has 122 valence electrons. The smallest absolute Gasteiger partial charge is 0.309 e. The highest BCUT2D eigenvalue weighted by Gasteiger charge is 2.67. The van der Waals surface area contributed by atoms with Gasteiger partial charge in [0.1, 0.15) is 12.2 Å². The number of esters is 2. The molecule has 3 aliphatic rings. The summed E-state index contributed by atoms with van der Waals surface area (Å²) < 4.78 is 11.1. The number of carbonyl (C=O) groups excluding carboxylic acids is 2. The third kappa shape index (κ3) is 1.81. The van der Waals surface area contributed by atoms with Gasteiger partial charge >= 0.3 is 11.9 Å². The second-order valence-electron chi connectivity index (χ2n) is 7.29. The lowest BCUT2D eigenvalue weighted by molar-refractivity contribution is -0.187. The molecule has 3 rings (SSSR count). The van der Waals surface area contributed by atoms with Crippen molar-refractivity contribution in [1.82, 2.24) is 0 Å². The number of aliphatic hydroxyl groups is 1. The van der Waals surface area contributed by atoms with Crippen LogP contribution < -0.4 is 0 Å². The van der Waals surface area contributed by atoms with E-state index in [2.05, 4.69) is 0 Å². The number of rotatable bonds is 1. The van der Waals surface area contributed by atoms with Gasteiger partial charge in [-0.1, -0.05) is 19.9 Å². The van der Waals surface area contributed by atoms with E-state index < -0.39 is 29.2 Å². The molecule has 1 heterocycles. The maximum Gasteiger partial charge on any atom is 0.309 e. The van der Waals surface area contributed by atoms with Crippen LogP contribution in [0.25, 0.3) is 0 Å². The minimum absolute atomic E-state index is 0.00538. The summed E-state index contributed by atoms with van der Waals surface area (Å²) in [6, 6.07) is 0. The third-order valence-electron chi connectivity index (χ3n) is 6.19. The third-order valence-corrected chi connectivity index (χ3v) is 6.19. The van der Waals surface area contributed by atoms with Crippen molar-refractivity contribution in [3.63, 3.8) is 0 Å². The Hall–Kier alpha value is -1.36. The zero-order valence-corrected chi connectivity index (χ0v) is 13.5. The van der Waals surface area contributed by atoms with Gasteiger partial charge in [0.15, 0.2) is 0 Å². The van der Waals surface area contributed by atoms with Crippen molar-refractivity contribution in [3.05, 3.63) is 12.2 Å². The van der Waals surface area contributed by atoms with E-state index in [-0.39, 0.29) is 23.7 Å². The molecular weight excluding hydrogens is 284 g/mol. The number of fused-ring (bicyclic) bond motifs is 3. The molecule has 0 aromatic heterocycles. The van der Waals surface area contributed by atoms with Crippen molar-refractivity contribution < 1.29 is 24.2 Å². The van der Waals surface area contributed by atoms with E-state index in [4.69, 9.17) is 9.47 Å². The lowest BCUT2D eigenvalue weighted by Gasteiger charge is -2.47. The molecule has 1 aliphatic heterocycles. The molecule has 0 spiro atoms.